The first kappa shape index (κ1) is 13.7. The second-order valence-electron chi connectivity index (χ2n) is 4.67. The summed E-state index contributed by atoms with van der Waals surface area (Å²) in [5.74, 6) is 1.24. The normalized spacial score (nSPS) is 19.1. The average molecular weight is 264 g/mol. The molecule has 1 fully saturated rings. The highest BCUT2D eigenvalue weighted by atomic mass is 16.5. The lowest BCUT2D eigenvalue weighted by atomic mass is 10.1. The maximum Gasteiger partial charge on any atom is 0.257 e. The molecule has 1 aliphatic heterocycles. The minimum Gasteiger partial charge on any atom is -0.497 e. The second-order valence-corrected chi connectivity index (χ2v) is 4.67. The third-order valence-corrected chi connectivity index (χ3v) is 3.30. The van der Waals surface area contributed by atoms with E-state index in [1.165, 1.54) is 0 Å². The molecule has 1 amide bonds. The van der Waals surface area contributed by atoms with Gasteiger partial charge in [0.25, 0.3) is 5.91 Å². The lowest BCUT2D eigenvalue weighted by Crippen LogP contribution is -2.51. The number of amides is 1. The van der Waals surface area contributed by atoms with Crippen molar-refractivity contribution in [3.63, 3.8) is 0 Å². The van der Waals surface area contributed by atoms with Crippen LogP contribution < -0.4 is 14.8 Å². The number of carbonyl (C=O) groups is 1. The van der Waals surface area contributed by atoms with Crippen molar-refractivity contribution < 1.29 is 14.3 Å². The molecule has 5 heteroatoms. The first-order valence-electron chi connectivity index (χ1n) is 6.40. The van der Waals surface area contributed by atoms with Gasteiger partial charge in [0.2, 0.25) is 0 Å². The lowest BCUT2D eigenvalue weighted by molar-refractivity contribution is 0.0705. The van der Waals surface area contributed by atoms with Crippen molar-refractivity contribution in [3.8, 4) is 11.5 Å². The van der Waals surface area contributed by atoms with Crippen LogP contribution in [0.1, 0.15) is 17.3 Å². The van der Waals surface area contributed by atoms with Crippen LogP contribution in [-0.2, 0) is 0 Å². The number of hydrogen-bond donors (Lipinski definition) is 1. The Bertz CT molecular complexity index is 462. The number of ether oxygens (including phenoxy) is 2. The molecule has 19 heavy (non-hydrogen) atoms. The van der Waals surface area contributed by atoms with Crippen molar-refractivity contribution >= 4 is 5.91 Å². The molecule has 0 saturated carbocycles. The molecule has 1 atom stereocenters. The van der Waals surface area contributed by atoms with E-state index in [9.17, 15) is 4.79 Å². The highest BCUT2D eigenvalue weighted by molar-refractivity contribution is 5.97. The van der Waals surface area contributed by atoms with Crippen LogP contribution >= 0.6 is 0 Å². The van der Waals surface area contributed by atoms with Crippen LogP contribution in [0.4, 0.5) is 0 Å². The van der Waals surface area contributed by atoms with E-state index >= 15 is 0 Å². The van der Waals surface area contributed by atoms with Gasteiger partial charge in [0.15, 0.2) is 0 Å². The molecule has 0 aromatic heterocycles. The summed E-state index contributed by atoms with van der Waals surface area (Å²) in [5.41, 5.74) is 0.581. The Hall–Kier alpha value is -1.75. The summed E-state index contributed by atoms with van der Waals surface area (Å²) in [4.78, 5) is 14.4. The van der Waals surface area contributed by atoms with Gasteiger partial charge in [-0.25, -0.2) is 0 Å². The van der Waals surface area contributed by atoms with Crippen LogP contribution in [0.3, 0.4) is 0 Å². The zero-order valence-electron chi connectivity index (χ0n) is 11.6. The van der Waals surface area contributed by atoms with Gasteiger partial charge in [0, 0.05) is 31.7 Å². The standard InChI is InChI=1S/C14H20N2O3/c1-10-9-16(7-6-15-10)14(17)12-5-4-11(18-2)8-13(12)19-3/h4-5,8,10,15H,6-7,9H2,1-3H3/t10-/m0/s1. The molecule has 5 nitrogen and oxygen atoms in total. The topological polar surface area (TPSA) is 50.8 Å². The molecule has 1 saturated heterocycles. The summed E-state index contributed by atoms with van der Waals surface area (Å²) in [6.07, 6.45) is 0. The predicted molar refractivity (Wildman–Crippen MR) is 72.9 cm³/mol. The molecule has 0 spiro atoms. The van der Waals surface area contributed by atoms with Gasteiger partial charge in [0.1, 0.15) is 11.5 Å². The summed E-state index contributed by atoms with van der Waals surface area (Å²) < 4.78 is 10.4. The molecule has 0 aliphatic carbocycles. The lowest BCUT2D eigenvalue weighted by Gasteiger charge is -2.32. The Morgan fingerprint density at radius 3 is 2.79 bits per heavy atom. The third-order valence-electron chi connectivity index (χ3n) is 3.30. The van der Waals surface area contributed by atoms with E-state index in [1.807, 2.05) is 4.90 Å². The summed E-state index contributed by atoms with van der Waals surface area (Å²) in [6.45, 7) is 4.34. The van der Waals surface area contributed by atoms with Crippen LogP contribution in [-0.4, -0.2) is 50.7 Å². The first-order valence-corrected chi connectivity index (χ1v) is 6.40. The maximum absolute atomic E-state index is 12.5. The Labute approximate surface area is 113 Å². The molecular formula is C14H20N2O3. The van der Waals surface area contributed by atoms with E-state index in [1.54, 1.807) is 32.4 Å². The molecule has 1 aromatic carbocycles. The minimum atomic E-state index is 0.00727. The summed E-state index contributed by atoms with van der Waals surface area (Å²) in [5, 5.41) is 3.32. The summed E-state index contributed by atoms with van der Waals surface area (Å²) >= 11 is 0. The molecule has 0 unspecified atom stereocenters. The number of piperazine rings is 1. The quantitative estimate of drug-likeness (QED) is 0.889. The van der Waals surface area contributed by atoms with Gasteiger partial charge in [-0.05, 0) is 19.1 Å². The molecule has 1 aromatic rings. The molecule has 1 aliphatic rings. The SMILES string of the molecule is COc1ccc(C(=O)N2CCN[C@@H](C)C2)c(OC)c1. The van der Waals surface area contributed by atoms with E-state index in [-0.39, 0.29) is 5.91 Å². The smallest absolute Gasteiger partial charge is 0.257 e. The van der Waals surface area contributed by atoms with Crippen LogP contribution in [0.2, 0.25) is 0 Å². The van der Waals surface area contributed by atoms with Gasteiger partial charge in [-0.2, -0.15) is 0 Å². The van der Waals surface area contributed by atoms with E-state index < -0.39 is 0 Å². The van der Waals surface area contributed by atoms with Gasteiger partial charge in [0.05, 0.1) is 19.8 Å². The van der Waals surface area contributed by atoms with Gasteiger partial charge in [-0.15, -0.1) is 0 Å². The number of nitrogens with one attached hydrogen (secondary N) is 1. The molecule has 1 heterocycles. The Balaban J connectivity index is 2.22. The van der Waals surface area contributed by atoms with Gasteiger partial charge >= 0.3 is 0 Å². The second kappa shape index (κ2) is 5.93. The number of nitrogens with zero attached hydrogens (tertiary/aromatic N) is 1. The highest BCUT2D eigenvalue weighted by Crippen LogP contribution is 2.26. The maximum atomic E-state index is 12.5. The average Bonchev–Trinajstić information content (AvgIpc) is 2.45. The fourth-order valence-electron chi connectivity index (χ4n) is 2.26. The van der Waals surface area contributed by atoms with E-state index in [0.717, 1.165) is 13.1 Å². The Morgan fingerprint density at radius 1 is 1.37 bits per heavy atom. The summed E-state index contributed by atoms with van der Waals surface area (Å²) in [6, 6.07) is 5.59. The first-order chi connectivity index (χ1) is 9.15. The molecular weight excluding hydrogens is 244 g/mol. The summed E-state index contributed by atoms with van der Waals surface area (Å²) in [7, 11) is 3.15. The molecule has 0 radical (unpaired) electrons. The van der Waals surface area contributed by atoms with Gasteiger partial charge in [-0.1, -0.05) is 0 Å². The van der Waals surface area contributed by atoms with Gasteiger partial charge < -0.3 is 19.7 Å². The molecule has 0 bridgehead atoms. The number of rotatable bonds is 3. The predicted octanol–water partition coefficient (Wildman–Crippen LogP) is 1.14. The largest absolute Gasteiger partial charge is 0.497 e. The van der Waals surface area contributed by atoms with E-state index in [2.05, 4.69) is 12.2 Å². The fraction of sp³-hybridized carbons (Fsp3) is 0.500. The van der Waals surface area contributed by atoms with Crippen LogP contribution in [0, 0.1) is 0 Å². The minimum absolute atomic E-state index is 0.00727. The molecule has 2 rings (SSSR count). The van der Waals surface area contributed by atoms with Crippen molar-refractivity contribution in [1.82, 2.24) is 10.2 Å². The molecule has 104 valence electrons. The number of hydrogen-bond acceptors (Lipinski definition) is 4. The van der Waals surface area contributed by atoms with E-state index in [0.29, 0.717) is 29.6 Å². The number of carbonyl (C=O) groups excluding carboxylic acids is 1. The van der Waals surface area contributed by atoms with E-state index in [4.69, 9.17) is 9.47 Å². The van der Waals surface area contributed by atoms with Crippen LogP contribution in [0.5, 0.6) is 11.5 Å². The monoisotopic (exact) mass is 264 g/mol. The third kappa shape index (κ3) is 2.98. The number of methoxy groups -OCH3 is 2. The van der Waals surface area contributed by atoms with Gasteiger partial charge in [-0.3, -0.25) is 4.79 Å². The van der Waals surface area contributed by atoms with Crippen molar-refractivity contribution in [2.24, 2.45) is 0 Å². The Morgan fingerprint density at radius 2 is 2.16 bits per heavy atom. The van der Waals surface area contributed by atoms with Crippen molar-refractivity contribution in [1.29, 1.82) is 0 Å². The van der Waals surface area contributed by atoms with Crippen LogP contribution in [0.15, 0.2) is 18.2 Å². The number of benzene rings is 1. The zero-order valence-corrected chi connectivity index (χ0v) is 11.6. The van der Waals surface area contributed by atoms with Crippen molar-refractivity contribution in [2.75, 3.05) is 33.9 Å². The van der Waals surface area contributed by atoms with Crippen molar-refractivity contribution in [3.05, 3.63) is 23.8 Å². The van der Waals surface area contributed by atoms with Crippen molar-refractivity contribution in [2.45, 2.75) is 13.0 Å². The highest BCUT2D eigenvalue weighted by Gasteiger charge is 2.24. The fourth-order valence-corrected chi connectivity index (χ4v) is 2.26. The van der Waals surface area contributed by atoms with Crippen LogP contribution in [0.25, 0.3) is 0 Å². The molecule has 1 N–H and O–H groups in total. The Kier molecular flexibility index (Phi) is 4.27. The zero-order chi connectivity index (χ0) is 13.8.